The van der Waals surface area contributed by atoms with Crippen LogP contribution >= 0.6 is 0 Å². The third kappa shape index (κ3) is 20.6. The maximum atomic E-state index is 12.3. The average molecular weight is 1670 g/mol. The molecular weight excluding hydrogens is 1610 g/mol. The Labute approximate surface area is 637 Å². The molecule has 1 radical (unpaired) electrons. The molecule has 12 aromatic rings. The monoisotopic (exact) mass is 1670 g/mol. The number of azo groups is 2. The average Bonchev–Trinajstić information content (AvgIpc) is 1.65. The first-order valence-corrected chi connectivity index (χ1v) is 39.5. The van der Waals surface area contributed by atoms with E-state index in [2.05, 4.69) is 31.2 Å². The Hall–Kier alpha value is -9.31. The first-order valence-electron chi connectivity index (χ1n) is 29.2. The van der Waals surface area contributed by atoms with E-state index in [0.717, 1.165) is 62.2 Å². The fourth-order valence-electron chi connectivity index (χ4n) is 10.3. The quantitative estimate of drug-likeness (QED) is 0.0305. The number of aromatic nitrogens is 8. The fourth-order valence-corrected chi connectivity index (χ4v) is 12.2. The van der Waals surface area contributed by atoms with Gasteiger partial charge in [-0.2, -0.15) is 62.1 Å². The van der Waals surface area contributed by atoms with Gasteiger partial charge in [-0.25, -0.2) is 26.8 Å². The molecule has 7 N–H and O–H groups in total. The van der Waals surface area contributed by atoms with Gasteiger partial charge in [0.2, 0.25) is 20.1 Å². The maximum Gasteiger partial charge on any atom is 2.00 e. The van der Waals surface area contributed by atoms with Gasteiger partial charge in [0.25, 0.3) is 40.5 Å². The molecule has 0 atom stereocenters. The van der Waals surface area contributed by atoms with Crippen molar-refractivity contribution in [1.29, 1.82) is 0 Å². The van der Waals surface area contributed by atoms with Crippen LogP contribution in [0.15, 0.2) is 188 Å². The largest absolute Gasteiger partial charge is 2.00 e. The van der Waals surface area contributed by atoms with Gasteiger partial charge in [-0.1, -0.05) is 110 Å². The predicted molar refractivity (Wildman–Crippen MR) is 384 cm³/mol. The fraction of sp³-hybridized carbons (Fsp3) is 0.108. The van der Waals surface area contributed by atoms with Gasteiger partial charge < -0.3 is 39.7 Å². The molecule has 0 unspecified atom stereocenters. The molecular formula is C65H54N13O19S6YZn-. The van der Waals surface area contributed by atoms with Crippen LogP contribution in [0.5, 0.6) is 11.5 Å². The summed E-state index contributed by atoms with van der Waals surface area (Å²) >= 11 is 0. The number of methoxy groups -OCH3 is 1. The van der Waals surface area contributed by atoms with Crippen molar-refractivity contribution >= 4 is 155 Å². The summed E-state index contributed by atoms with van der Waals surface area (Å²) in [6.45, 7) is 3.41. The molecule has 32 nitrogen and oxygen atoms in total. The molecule has 2 aliphatic rings. The number of phenolic OH excluding ortho intramolecular Hbond substituents is 1. The zero-order valence-electron chi connectivity index (χ0n) is 55.6. The van der Waals surface area contributed by atoms with E-state index in [4.69, 9.17) is 58.3 Å². The number of hydrogen-bond donors (Lipinski definition) is 7. The molecule has 8 bridgehead atoms. The number of fused-ring (bicyclic) bond motifs is 22. The van der Waals surface area contributed by atoms with Crippen molar-refractivity contribution in [3.63, 3.8) is 0 Å². The van der Waals surface area contributed by atoms with Gasteiger partial charge in [0.15, 0.2) is 5.75 Å². The van der Waals surface area contributed by atoms with Crippen molar-refractivity contribution in [3.05, 3.63) is 175 Å². The van der Waals surface area contributed by atoms with Crippen LogP contribution in [-0.2, 0) is 113 Å². The Kier molecular flexibility index (Phi) is 24.9. The molecule has 535 valence electrons. The number of phenols is 1. The summed E-state index contributed by atoms with van der Waals surface area (Å²) in [6.07, 6.45) is 3.08. The third-order valence-corrected chi connectivity index (χ3v) is 16.7. The number of ether oxygens (including phenoxy) is 1. The van der Waals surface area contributed by atoms with Gasteiger partial charge in [-0.05, 0) is 86.8 Å². The Balaban J connectivity index is 0.000000220. The minimum absolute atomic E-state index is 0. The molecule has 2 aliphatic heterocycles. The number of aromatic hydroxyl groups is 1. The van der Waals surface area contributed by atoms with Crippen LogP contribution in [0.1, 0.15) is 11.1 Å². The summed E-state index contributed by atoms with van der Waals surface area (Å²) in [5.74, 6) is 1.69. The zero-order valence-corrected chi connectivity index (χ0v) is 66.3. The van der Waals surface area contributed by atoms with E-state index in [9.17, 15) is 64.7 Å². The van der Waals surface area contributed by atoms with Crippen LogP contribution in [0.4, 0.5) is 28.4 Å². The van der Waals surface area contributed by atoms with Crippen LogP contribution in [0.3, 0.4) is 0 Å². The van der Waals surface area contributed by atoms with E-state index >= 15 is 0 Å². The van der Waals surface area contributed by atoms with Crippen molar-refractivity contribution in [2.75, 3.05) is 36.9 Å². The number of aryl methyl sites for hydroxylation is 2. The van der Waals surface area contributed by atoms with E-state index in [0.29, 0.717) is 92.5 Å². The number of nitrogens with one attached hydrogen (secondary N) is 1. The first-order chi connectivity index (χ1) is 48.1. The van der Waals surface area contributed by atoms with Crippen LogP contribution in [-0.4, -0.2) is 140 Å². The van der Waals surface area contributed by atoms with Crippen LogP contribution in [0.2, 0.25) is 0 Å². The van der Waals surface area contributed by atoms with E-state index in [1.165, 1.54) is 43.5 Å². The molecule has 0 spiro atoms. The van der Waals surface area contributed by atoms with E-state index < -0.39 is 76.9 Å². The minimum atomic E-state index is -4.95. The van der Waals surface area contributed by atoms with Crippen LogP contribution in [0.25, 0.3) is 111 Å². The standard InChI is InChI=1S/C32H16N8.C30H26N5O10S3.3CH4O3S.Y.Zn/c1-2-10-18-17(9-1)25-33-26(18)38-28-21-13-5-6-14-22(21)30(35-28)40-32-24-16-8-7-15-23(24)31(36-32)39-29-20-12-4-3-11-19(20)27(34-29)37-25;1-16-10-20(14-23-21(16)6-5-7-27(23)47(39,40)41)31-32-24-15-26(45-3)25(11-17(24)2)33-34-29-28(48(42,43)44)13-18-12-19(35-46(4,37)38)8-9-22(18)30(29)36;3*1-5(2,3)4;;/h1-16H;6-15,35-36H,1-4H3,(H,39,40,41)(H,42,43,44);3*1H3,(H,2,3,4);;/q-2;-1;;;;;+2. The van der Waals surface area contributed by atoms with Crippen molar-refractivity contribution in [3.8, 4) is 57.1 Å². The second-order valence-corrected chi connectivity index (χ2v) is 31.4. The summed E-state index contributed by atoms with van der Waals surface area (Å²) in [5, 5.41) is 32.0. The Morgan fingerprint density at radius 2 is 0.848 bits per heavy atom. The number of sulfonamides is 1. The van der Waals surface area contributed by atoms with Gasteiger partial charge in [0.05, 0.1) is 66.8 Å². The van der Waals surface area contributed by atoms with Crippen molar-refractivity contribution < 1.29 is 135 Å². The van der Waals surface area contributed by atoms with E-state index in [-0.39, 0.29) is 90.4 Å². The molecule has 9 aromatic carbocycles. The number of benzene rings is 9. The maximum absolute atomic E-state index is 12.3. The molecule has 40 heteroatoms. The predicted octanol–water partition coefficient (Wildman–Crippen LogP) is 11.5. The Morgan fingerprint density at radius 3 is 1.25 bits per heavy atom. The van der Waals surface area contributed by atoms with Gasteiger partial charge in [0, 0.05) is 94.7 Å². The summed E-state index contributed by atoms with van der Waals surface area (Å²) in [7, 11) is -22.8. The molecule has 0 aliphatic carbocycles. The van der Waals surface area contributed by atoms with Crippen molar-refractivity contribution in [2.45, 2.75) is 23.6 Å². The van der Waals surface area contributed by atoms with E-state index in [1.807, 2.05) is 97.1 Å². The van der Waals surface area contributed by atoms with E-state index in [1.54, 1.807) is 26.0 Å². The number of anilines is 1. The third-order valence-electron chi connectivity index (χ3n) is 14.3. The summed E-state index contributed by atoms with van der Waals surface area (Å²) in [4.78, 5) is 38.2. The van der Waals surface area contributed by atoms with Gasteiger partial charge in [-0.3, -0.25) is 27.5 Å². The molecule has 3 aromatic heterocycles. The smallest absolute Gasteiger partial charge is 0.505 e. The van der Waals surface area contributed by atoms with Crippen LogP contribution in [0, 0.1) is 19.9 Å². The van der Waals surface area contributed by atoms with Crippen molar-refractivity contribution in [2.24, 2.45) is 20.5 Å². The topological polar surface area (TPSA) is 502 Å². The Bertz CT molecular complexity index is 6040. The Morgan fingerprint density at radius 1 is 0.438 bits per heavy atom. The summed E-state index contributed by atoms with van der Waals surface area (Å²) in [5.41, 5.74) is 7.19. The molecule has 14 rings (SSSR count). The molecule has 0 amide bonds. The number of hydrogen-bond acceptors (Lipinski definition) is 24. The normalized spacial score (nSPS) is 12.1. The molecule has 105 heavy (non-hydrogen) atoms. The van der Waals surface area contributed by atoms with Gasteiger partial charge in [0.1, 0.15) is 22.0 Å². The molecule has 0 fully saturated rings. The molecule has 0 saturated carbocycles. The van der Waals surface area contributed by atoms with Gasteiger partial charge in [-0.15, -0.1) is 21.0 Å². The molecule has 5 heterocycles. The summed E-state index contributed by atoms with van der Waals surface area (Å²) < 4.78 is 177. The molecule has 0 saturated heterocycles. The second-order valence-electron chi connectivity index (χ2n) is 22.5. The minimum Gasteiger partial charge on any atom is -0.505 e. The summed E-state index contributed by atoms with van der Waals surface area (Å²) in [6, 6.07) is 48.4. The van der Waals surface area contributed by atoms with Gasteiger partial charge >= 0.3 is 19.5 Å². The van der Waals surface area contributed by atoms with Crippen LogP contribution < -0.4 is 19.4 Å². The SMILES string of the molecule is COc1cc(N=Nc2cc(C)c3c[c-]cc(S(=O)(=O)O)c3c2)c(C)cc1N=Nc1c(S(=O)(=O)O)cc2cc(NS(C)(=O)=O)ccc2c1O.CS(=O)(=O)O.CS(=O)(=O)O.CS(=O)(=O)O.[Y].[Zn+2].c1ccc2c(c1)-c1nc-2nc2[n-]c(nc3nc(nc4[n-]c(n1)c1ccccc41)-c1ccccc1-3)c1ccccc21. The first kappa shape index (κ1) is 81.4. The second kappa shape index (κ2) is 32.2. The number of nitrogens with zero attached hydrogens (tertiary/aromatic N) is 12. The number of rotatable bonds is 9. The zero-order chi connectivity index (χ0) is 74.9. The van der Waals surface area contributed by atoms with Crippen molar-refractivity contribution in [1.82, 2.24) is 39.9 Å².